The van der Waals surface area contributed by atoms with Gasteiger partial charge in [0, 0.05) is 12.1 Å². The van der Waals surface area contributed by atoms with Gasteiger partial charge in [0.25, 0.3) is 5.91 Å². The quantitative estimate of drug-likeness (QED) is 0.478. The maximum atomic E-state index is 11.8. The molecule has 1 aromatic carbocycles. The normalized spacial score (nSPS) is 10.1. The third-order valence-corrected chi connectivity index (χ3v) is 2.47. The fourth-order valence-corrected chi connectivity index (χ4v) is 1.51. The number of nitrogens with one attached hydrogen (secondary N) is 1. The van der Waals surface area contributed by atoms with E-state index in [4.69, 9.17) is 0 Å². The number of amides is 1. The van der Waals surface area contributed by atoms with E-state index in [1.54, 1.807) is 18.2 Å². The van der Waals surface area contributed by atoms with E-state index in [0.717, 1.165) is 5.56 Å². The van der Waals surface area contributed by atoms with E-state index in [9.17, 15) is 15.1 Å². The molecule has 1 aromatic heterocycles. The number of rotatable bonds is 2. The van der Waals surface area contributed by atoms with Crippen molar-refractivity contribution in [2.24, 2.45) is 0 Å². The molecule has 0 aliphatic heterocycles. The molecule has 0 bridgehead atoms. The summed E-state index contributed by atoms with van der Waals surface area (Å²) in [4.78, 5) is 11.8. The van der Waals surface area contributed by atoms with Crippen LogP contribution in [0.5, 0.6) is 5.75 Å². The summed E-state index contributed by atoms with van der Waals surface area (Å²) in [5.74, 6) is -0.368. The SMILES string of the molecule is Cc1ccc(NC(=O)c2cc[n+]([O-])cc2)c(O)c1. The molecule has 2 N–H and O–H groups in total. The highest BCUT2D eigenvalue weighted by Gasteiger charge is 2.09. The minimum absolute atomic E-state index is 0.0122. The number of hydrogen-bond donors (Lipinski definition) is 2. The first kappa shape index (κ1) is 11.9. The number of pyridine rings is 1. The number of benzene rings is 1. The number of aromatic hydroxyl groups is 1. The number of aryl methyl sites for hydroxylation is 1. The van der Waals surface area contributed by atoms with Crippen LogP contribution < -0.4 is 10.0 Å². The predicted octanol–water partition coefficient (Wildman–Crippen LogP) is 1.59. The van der Waals surface area contributed by atoms with Gasteiger partial charge in [0.15, 0.2) is 12.4 Å². The molecule has 0 aliphatic carbocycles. The van der Waals surface area contributed by atoms with Gasteiger partial charge in [-0.15, -0.1) is 0 Å². The lowest BCUT2D eigenvalue weighted by atomic mass is 10.2. The van der Waals surface area contributed by atoms with Crippen molar-refractivity contribution in [3.63, 3.8) is 0 Å². The van der Waals surface area contributed by atoms with Crippen molar-refractivity contribution in [1.82, 2.24) is 0 Å². The summed E-state index contributed by atoms with van der Waals surface area (Å²) in [7, 11) is 0. The Bertz CT molecular complexity index is 579. The molecule has 5 nitrogen and oxygen atoms in total. The van der Waals surface area contributed by atoms with Crippen LogP contribution in [0.2, 0.25) is 0 Å². The van der Waals surface area contributed by atoms with Crippen LogP contribution in [0.1, 0.15) is 15.9 Å². The van der Waals surface area contributed by atoms with Gasteiger partial charge in [-0.25, -0.2) is 0 Å². The van der Waals surface area contributed by atoms with Gasteiger partial charge < -0.3 is 15.6 Å². The lowest BCUT2D eigenvalue weighted by Gasteiger charge is -2.07. The van der Waals surface area contributed by atoms with Crippen molar-refractivity contribution in [2.75, 3.05) is 5.32 Å². The summed E-state index contributed by atoms with van der Waals surface area (Å²) in [6.07, 6.45) is 2.48. The Hall–Kier alpha value is -2.56. The first-order valence-corrected chi connectivity index (χ1v) is 5.36. The van der Waals surface area contributed by atoms with Crippen LogP contribution in [-0.2, 0) is 0 Å². The van der Waals surface area contributed by atoms with Gasteiger partial charge in [0.1, 0.15) is 5.75 Å². The van der Waals surface area contributed by atoms with Crippen molar-refractivity contribution in [1.29, 1.82) is 0 Å². The van der Waals surface area contributed by atoms with E-state index in [-0.39, 0.29) is 11.7 Å². The molecule has 0 radical (unpaired) electrons. The first-order valence-electron chi connectivity index (χ1n) is 5.36. The Balaban J connectivity index is 2.18. The molecular formula is C13H12N2O3. The molecule has 5 heteroatoms. The minimum Gasteiger partial charge on any atom is -0.619 e. The average molecular weight is 244 g/mol. The highest BCUT2D eigenvalue weighted by molar-refractivity contribution is 6.04. The van der Waals surface area contributed by atoms with E-state index in [1.165, 1.54) is 24.5 Å². The van der Waals surface area contributed by atoms with E-state index < -0.39 is 0 Å². The molecule has 18 heavy (non-hydrogen) atoms. The van der Waals surface area contributed by atoms with Crippen LogP contribution in [0, 0.1) is 12.1 Å². The lowest BCUT2D eigenvalue weighted by Crippen LogP contribution is -2.25. The summed E-state index contributed by atoms with van der Waals surface area (Å²) >= 11 is 0. The fourth-order valence-electron chi connectivity index (χ4n) is 1.51. The summed E-state index contributed by atoms with van der Waals surface area (Å²) < 4.78 is 0.597. The van der Waals surface area contributed by atoms with Crippen molar-refractivity contribution in [2.45, 2.75) is 6.92 Å². The Morgan fingerprint density at radius 3 is 2.56 bits per heavy atom. The molecule has 0 unspecified atom stereocenters. The predicted molar refractivity (Wildman–Crippen MR) is 66.2 cm³/mol. The Labute approximate surface area is 104 Å². The van der Waals surface area contributed by atoms with Crippen molar-refractivity contribution in [3.05, 3.63) is 59.1 Å². The van der Waals surface area contributed by atoms with Crippen LogP contribution >= 0.6 is 0 Å². The zero-order valence-corrected chi connectivity index (χ0v) is 9.75. The van der Waals surface area contributed by atoms with E-state index in [2.05, 4.69) is 5.32 Å². The monoisotopic (exact) mass is 244 g/mol. The number of anilines is 1. The maximum absolute atomic E-state index is 11.8. The third kappa shape index (κ3) is 2.57. The molecule has 0 saturated carbocycles. The topological polar surface area (TPSA) is 76.3 Å². The average Bonchev–Trinajstić information content (AvgIpc) is 2.33. The number of phenolic OH excluding ortho intramolecular Hbond substituents is 1. The van der Waals surface area contributed by atoms with Crippen molar-refractivity contribution >= 4 is 11.6 Å². The molecule has 0 saturated heterocycles. The highest BCUT2D eigenvalue weighted by Crippen LogP contribution is 2.24. The third-order valence-electron chi connectivity index (χ3n) is 2.47. The molecule has 1 heterocycles. The van der Waals surface area contributed by atoms with Crippen LogP contribution in [0.3, 0.4) is 0 Å². The summed E-state index contributed by atoms with van der Waals surface area (Å²) in [5, 5.41) is 23.1. The van der Waals surface area contributed by atoms with Crippen molar-refractivity contribution < 1.29 is 14.6 Å². The Morgan fingerprint density at radius 1 is 1.28 bits per heavy atom. The fraction of sp³-hybridized carbons (Fsp3) is 0.0769. The zero-order chi connectivity index (χ0) is 13.1. The van der Waals surface area contributed by atoms with Gasteiger partial charge >= 0.3 is 0 Å². The molecule has 2 rings (SSSR count). The molecular weight excluding hydrogens is 232 g/mol. The van der Waals surface area contributed by atoms with E-state index in [0.29, 0.717) is 16.0 Å². The zero-order valence-electron chi connectivity index (χ0n) is 9.75. The molecule has 2 aromatic rings. The molecule has 1 amide bonds. The Morgan fingerprint density at radius 2 is 1.94 bits per heavy atom. The van der Waals surface area contributed by atoms with Crippen LogP contribution in [0.25, 0.3) is 0 Å². The van der Waals surface area contributed by atoms with Gasteiger partial charge in [0.05, 0.1) is 11.3 Å². The molecule has 92 valence electrons. The van der Waals surface area contributed by atoms with Crippen LogP contribution in [0.4, 0.5) is 5.69 Å². The largest absolute Gasteiger partial charge is 0.619 e. The van der Waals surface area contributed by atoms with Crippen LogP contribution in [0.15, 0.2) is 42.7 Å². The molecule has 0 spiro atoms. The molecule has 0 aliphatic rings. The van der Waals surface area contributed by atoms with Gasteiger partial charge in [0.2, 0.25) is 0 Å². The number of carbonyl (C=O) groups is 1. The molecule has 0 atom stereocenters. The van der Waals surface area contributed by atoms with Gasteiger partial charge in [-0.3, -0.25) is 4.79 Å². The number of phenols is 1. The maximum Gasteiger partial charge on any atom is 0.256 e. The van der Waals surface area contributed by atoms with Gasteiger partial charge in [-0.2, -0.15) is 4.73 Å². The first-order chi connectivity index (χ1) is 8.56. The summed E-state index contributed by atoms with van der Waals surface area (Å²) in [6.45, 7) is 1.84. The van der Waals surface area contributed by atoms with Gasteiger partial charge in [-0.05, 0) is 24.6 Å². The van der Waals surface area contributed by atoms with Crippen molar-refractivity contribution in [3.8, 4) is 5.75 Å². The number of hydrogen-bond acceptors (Lipinski definition) is 3. The van der Waals surface area contributed by atoms with E-state index >= 15 is 0 Å². The number of carbonyl (C=O) groups excluding carboxylic acids is 1. The summed E-state index contributed by atoms with van der Waals surface area (Å²) in [5.41, 5.74) is 1.59. The van der Waals surface area contributed by atoms with Crippen LogP contribution in [-0.4, -0.2) is 11.0 Å². The number of nitrogens with zero attached hydrogens (tertiary/aromatic N) is 1. The second kappa shape index (κ2) is 4.75. The molecule has 0 fully saturated rings. The van der Waals surface area contributed by atoms with E-state index in [1.807, 2.05) is 6.92 Å². The van der Waals surface area contributed by atoms with Gasteiger partial charge in [-0.1, -0.05) is 6.07 Å². The highest BCUT2D eigenvalue weighted by atomic mass is 16.5. The Kier molecular flexibility index (Phi) is 3.14. The minimum atomic E-state index is -0.380. The smallest absolute Gasteiger partial charge is 0.256 e. The second-order valence-electron chi connectivity index (χ2n) is 3.92. The lowest BCUT2D eigenvalue weighted by molar-refractivity contribution is -0.605. The standard InChI is InChI=1S/C13H12N2O3/c1-9-2-3-11(12(16)8-9)14-13(17)10-4-6-15(18)7-5-10/h2-8,16H,1H3,(H,14,17). The summed E-state index contributed by atoms with van der Waals surface area (Å²) in [6, 6.07) is 7.79. The second-order valence-corrected chi connectivity index (χ2v) is 3.92. The number of aromatic nitrogens is 1.